The third-order valence-electron chi connectivity index (χ3n) is 4.63. The molecule has 1 aliphatic rings. The van der Waals surface area contributed by atoms with Crippen molar-refractivity contribution >= 4 is 17.8 Å². The average Bonchev–Trinajstić information content (AvgIpc) is 2.64. The van der Waals surface area contributed by atoms with Crippen molar-refractivity contribution in [3.8, 4) is 0 Å². The molecule has 1 N–H and O–H groups in total. The minimum Gasteiger partial charge on any atom is -0.337 e. The van der Waals surface area contributed by atoms with E-state index in [2.05, 4.69) is 54.4 Å². The Labute approximate surface area is 151 Å². The molecule has 1 saturated heterocycles. The lowest BCUT2D eigenvalue weighted by Crippen LogP contribution is -2.47. The molecule has 0 aromatic heterocycles. The van der Waals surface area contributed by atoms with E-state index in [0.29, 0.717) is 5.92 Å². The van der Waals surface area contributed by atoms with E-state index in [4.69, 9.17) is 0 Å². The number of likely N-dealkylation sites (N-methyl/N-ethyl adjacent to an activating group) is 1. The first-order valence-electron chi connectivity index (χ1n) is 9.15. The first-order chi connectivity index (χ1) is 11.7. The zero-order valence-corrected chi connectivity index (χ0v) is 15.9. The number of nitrogens with one attached hydrogen (secondary N) is 1. The van der Waals surface area contributed by atoms with Crippen LogP contribution in [-0.4, -0.2) is 60.9 Å². The van der Waals surface area contributed by atoms with Crippen LogP contribution in [-0.2, 0) is 0 Å². The standard InChI is InChI=1S/C19H31N3OS/c1-3-21(4-2)14-12-20-19(23)22-13-8-9-17(15-22)16-24-18-10-6-5-7-11-18/h5-7,10-11,17H,3-4,8-9,12-16H2,1-2H3,(H,20,23). The molecule has 0 aliphatic carbocycles. The highest BCUT2D eigenvalue weighted by atomic mass is 32.2. The van der Waals surface area contributed by atoms with Crippen LogP contribution in [0.2, 0.25) is 0 Å². The van der Waals surface area contributed by atoms with Gasteiger partial charge in [-0.1, -0.05) is 32.0 Å². The van der Waals surface area contributed by atoms with Crippen LogP contribution in [0.25, 0.3) is 0 Å². The second-order valence-corrected chi connectivity index (χ2v) is 7.43. The van der Waals surface area contributed by atoms with Crippen molar-refractivity contribution in [1.29, 1.82) is 0 Å². The Bertz CT molecular complexity index is 479. The maximum atomic E-state index is 12.4. The monoisotopic (exact) mass is 349 g/mol. The van der Waals surface area contributed by atoms with Gasteiger partial charge in [-0.2, -0.15) is 0 Å². The average molecular weight is 350 g/mol. The quantitative estimate of drug-likeness (QED) is 0.729. The lowest BCUT2D eigenvalue weighted by Gasteiger charge is -2.33. The number of piperidine rings is 1. The zero-order chi connectivity index (χ0) is 17.2. The summed E-state index contributed by atoms with van der Waals surface area (Å²) < 4.78 is 0. The summed E-state index contributed by atoms with van der Waals surface area (Å²) in [5.41, 5.74) is 0. The summed E-state index contributed by atoms with van der Waals surface area (Å²) in [6.07, 6.45) is 2.34. The van der Waals surface area contributed by atoms with Crippen LogP contribution in [0.4, 0.5) is 4.79 Å². The van der Waals surface area contributed by atoms with Gasteiger partial charge in [0.2, 0.25) is 0 Å². The third kappa shape index (κ3) is 6.36. The third-order valence-corrected chi connectivity index (χ3v) is 5.88. The van der Waals surface area contributed by atoms with Crippen LogP contribution < -0.4 is 5.32 Å². The van der Waals surface area contributed by atoms with Gasteiger partial charge in [0.05, 0.1) is 0 Å². The number of thioether (sulfide) groups is 1. The fourth-order valence-corrected chi connectivity index (χ4v) is 4.14. The van der Waals surface area contributed by atoms with Gasteiger partial charge in [-0.15, -0.1) is 11.8 Å². The number of benzene rings is 1. The van der Waals surface area contributed by atoms with E-state index in [9.17, 15) is 4.79 Å². The molecule has 1 fully saturated rings. The van der Waals surface area contributed by atoms with Crippen molar-refractivity contribution in [2.24, 2.45) is 5.92 Å². The molecule has 1 heterocycles. The van der Waals surface area contributed by atoms with Crippen LogP contribution in [0.5, 0.6) is 0 Å². The molecule has 4 nitrogen and oxygen atoms in total. The second kappa shape index (κ2) is 10.6. The molecule has 1 aliphatic heterocycles. The molecule has 1 aromatic carbocycles. The number of amides is 2. The molecule has 134 valence electrons. The number of hydrogen-bond acceptors (Lipinski definition) is 3. The van der Waals surface area contributed by atoms with Crippen molar-refractivity contribution in [1.82, 2.24) is 15.1 Å². The van der Waals surface area contributed by atoms with E-state index in [-0.39, 0.29) is 6.03 Å². The molecule has 1 aromatic rings. The molecule has 5 heteroatoms. The Morgan fingerprint density at radius 2 is 2.04 bits per heavy atom. The molecule has 24 heavy (non-hydrogen) atoms. The highest BCUT2D eigenvalue weighted by molar-refractivity contribution is 7.99. The van der Waals surface area contributed by atoms with Gasteiger partial charge in [-0.25, -0.2) is 4.79 Å². The number of urea groups is 1. The molecule has 0 spiro atoms. The van der Waals surface area contributed by atoms with E-state index in [0.717, 1.165) is 51.4 Å². The molecule has 2 amide bonds. The van der Waals surface area contributed by atoms with Crippen LogP contribution in [0, 0.1) is 5.92 Å². The van der Waals surface area contributed by atoms with E-state index < -0.39 is 0 Å². The predicted molar refractivity (Wildman–Crippen MR) is 103 cm³/mol. The normalized spacial score (nSPS) is 18.0. The van der Waals surface area contributed by atoms with E-state index >= 15 is 0 Å². The van der Waals surface area contributed by atoms with Crippen molar-refractivity contribution in [3.63, 3.8) is 0 Å². The van der Waals surface area contributed by atoms with Gasteiger partial charge >= 0.3 is 6.03 Å². The fraction of sp³-hybridized carbons (Fsp3) is 0.632. The van der Waals surface area contributed by atoms with E-state index in [1.807, 2.05) is 16.7 Å². The van der Waals surface area contributed by atoms with Gasteiger partial charge < -0.3 is 15.1 Å². The molecule has 0 bridgehead atoms. The van der Waals surface area contributed by atoms with E-state index in [1.165, 1.54) is 11.3 Å². The van der Waals surface area contributed by atoms with Gasteiger partial charge in [-0.05, 0) is 44.0 Å². The molecule has 2 rings (SSSR count). The van der Waals surface area contributed by atoms with Gasteiger partial charge in [-0.3, -0.25) is 0 Å². The van der Waals surface area contributed by atoms with Gasteiger partial charge in [0.25, 0.3) is 0 Å². The van der Waals surface area contributed by atoms with Crippen molar-refractivity contribution < 1.29 is 4.79 Å². The SMILES string of the molecule is CCN(CC)CCNC(=O)N1CCCC(CSc2ccccc2)C1. The Kier molecular flexibility index (Phi) is 8.47. The molecule has 0 radical (unpaired) electrons. The molecular weight excluding hydrogens is 318 g/mol. The molecular formula is C19H31N3OS. The topological polar surface area (TPSA) is 35.6 Å². The number of nitrogens with zero attached hydrogens (tertiary/aromatic N) is 2. The smallest absolute Gasteiger partial charge is 0.317 e. The maximum absolute atomic E-state index is 12.4. The van der Waals surface area contributed by atoms with Crippen molar-refractivity contribution in [2.75, 3.05) is 45.0 Å². The van der Waals surface area contributed by atoms with Crippen LogP contribution in [0.1, 0.15) is 26.7 Å². The van der Waals surface area contributed by atoms with Crippen LogP contribution in [0.15, 0.2) is 35.2 Å². The minimum atomic E-state index is 0.108. The highest BCUT2D eigenvalue weighted by Gasteiger charge is 2.23. The second-order valence-electron chi connectivity index (χ2n) is 6.34. The maximum Gasteiger partial charge on any atom is 0.317 e. The van der Waals surface area contributed by atoms with Crippen molar-refractivity contribution in [2.45, 2.75) is 31.6 Å². The number of rotatable bonds is 8. The Morgan fingerprint density at radius 1 is 1.29 bits per heavy atom. The summed E-state index contributed by atoms with van der Waals surface area (Å²) >= 11 is 1.90. The van der Waals surface area contributed by atoms with Gasteiger partial charge in [0.1, 0.15) is 0 Å². The molecule has 1 unspecified atom stereocenters. The first kappa shape index (κ1) is 19.1. The summed E-state index contributed by atoms with van der Waals surface area (Å²) in [7, 11) is 0. The summed E-state index contributed by atoms with van der Waals surface area (Å²) in [5, 5.41) is 3.08. The number of likely N-dealkylation sites (tertiary alicyclic amines) is 1. The fourth-order valence-electron chi connectivity index (χ4n) is 3.09. The number of carbonyl (C=O) groups excluding carboxylic acids is 1. The summed E-state index contributed by atoms with van der Waals surface area (Å²) in [6.45, 7) is 9.83. The van der Waals surface area contributed by atoms with Gasteiger partial charge in [0, 0.05) is 36.8 Å². The largest absolute Gasteiger partial charge is 0.337 e. The highest BCUT2D eigenvalue weighted by Crippen LogP contribution is 2.25. The molecule has 1 atom stereocenters. The zero-order valence-electron chi connectivity index (χ0n) is 15.0. The predicted octanol–water partition coefficient (Wildman–Crippen LogP) is 3.54. The Hall–Kier alpha value is -1.20. The van der Waals surface area contributed by atoms with Crippen LogP contribution in [0.3, 0.4) is 0 Å². The number of hydrogen-bond donors (Lipinski definition) is 1. The Morgan fingerprint density at radius 3 is 2.75 bits per heavy atom. The summed E-state index contributed by atoms with van der Waals surface area (Å²) in [5.74, 6) is 1.69. The lowest BCUT2D eigenvalue weighted by molar-refractivity contribution is 0.169. The van der Waals surface area contributed by atoms with Gasteiger partial charge in [0.15, 0.2) is 0 Å². The van der Waals surface area contributed by atoms with E-state index in [1.54, 1.807) is 0 Å². The van der Waals surface area contributed by atoms with Crippen molar-refractivity contribution in [3.05, 3.63) is 30.3 Å². The molecule has 0 saturated carbocycles. The Balaban J connectivity index is 1.70. The first-order valence-corrected chi connectivity index (χ1v) is 10.1. The summed E-state index contributed by atoms with van der Waals surface area (Å²) in [6, 6.07) is 10.6. The minimum absolute atomic E-state index is 0.108. The van der Waals surface area contributed by atoms with Crippen LogP contribution >= 0.6 is 11.8 Å². The summed E-state index contributed by atoms with van der Waals surface area (Å²) in [4.78, 5) is 18.0. The number of carbonyl (C=O) groups is 1. The lowest BCUT2D eigenvalue weighted by atomic mass is 10.0.